The number of alkyl carbamates (subject to hydrolysis) is 1. The van der Waals surface area contributed by atoms with E-state index in [1.807, 2.05) is 0 Å². The first kappa shape index (κ1) is 18.1. The summed E-state index contributed by atoms with van der Waals surface area (Å²) in [6.45, 7) is 4.74. The second-order valence-electron chi connectivity index (χ2n) is 6.45. The molecule has 1 aromatic heterocycles. The lowest BCUT2D eigenvalue weighted by Gasteiger charge is -2.27. The van der Waals surface area contributed by atoms with Gasteiger partial charge in [0.2, 0.25) is 5.91 Å². The molecule has 2 amide bonds. The molecule has 1 aromatic rings. The number of amides is 2. The molecule has 0 unspecified atom stereocenters. The van der Waals surface area contributed by atoms with Crippen LogP contribution in [0.5, 0.6) is 0 Å². The third-order valence-corrected chi connectivity index (χ3v) is 3.34. The predicted molar refractivity (Wildman–Crippen MR) is 76.9 cm³/mol. The zero-order valence-electron chi connectivity index (χ0n) is 13.6. The second kappa shape index (κ2) is 6.33. The average molecular weight is 348 g/mol. The van der Waals surface area contributed by atoms with Crippen molar-refractivity contribution in [1.82, 2.24) is 20.4 Å². The van der Waals surface area contributed by atoms with Crippen LogP contribution in [0.4, 0.5) is 18.0 Å². The molecule has 7 nitrogen and oxygen atoms in total. The monoisotopic (exact) mass is 348 g/mol. The van der Waals surface area contributed by atoms with Crippen LogP contribution < -0.4 is 5.32 Å². The second-order valence-corrected chi connectivity index (χ2v) is 6.45. The van der Waals surface area contributed by atoms with E-state index in [2.05, 4.69) is 15.5 Å². The molecule has 0 saturated carbocycles. The molecule has 0 aliphatic carbocycles. The third kappa shape index (κ3) is 4.39. The molecule has 10 heteroatoms. The highest BCUT2D eigenvalue weighted by Crippen LogP contribution is 2.33. The van der Waals surface area contributed by atoms with Crippen LogP contribution in [0, 0.1) is 0 Å². The highest BCUT2D eigenvalue weighted by Gasteiger charge is 2.39. The van der Waals surface area contributed by atoms with Crippen molar-refractivity contribution < 1.29 is 27.5 Å². The van der Waals surface area contributed by atoms with Crippen molar-refractivity contribution in [2.24, 2.45) is 0 Å². The van der Waals surface area contributed by atoms with E-state index in [1.54, 1.807) is 20.8 Å². The summed E-state index contributed by atoms with van der Waals surface area (Å²) in [6.07, 6.45) is -5.09. The Bertz CT molecular complexity index is 634. The molecule has 134 valence electrons. The van der Waals surface area contributed by atoms with Crippen molar-refractivity contribution in [3.8, 4) is 0 Å². The maximum Gasteiger partial charge on any atom is 0.435 e. The molecule has 0 fully saturated rings. The number of carbonyl (C=O) groups excluding carboxylic acids is 2. The van der Waals surface area contributed by atoms with E-state index >= 15 is 0 Å². The van der Waals surface area contributed by atoms with Gasteiger partial charge in [0.1, 0.15) is 12.1 Å². The highest BCUT2D eigenvalue weighted by molar-refractivity contribution is 5.82. The van der Waals surface area contributed by atoms with Crippen LogP contribution in [0.25, 0.3) is 0 Å². The first-order chi connectivity index (χ1) is 11.0. The SMILES string of the molecule is CC(C)(C)OC(=O)NCC(=O)N1CCc2[nH]nc(C(F)(F)F)c2C1. The number of carbonyl (C=O) groups is 2. The Balaban J connectivity index is 1.96. The fraction of sp³-hybridized carbons (Fsp3) is 0.643. The van der Waals surface area contributed by atoms with E-state index in [4.69, 9.17) is 4.74 Å². The summed E-state index contributed by atoms with van der Waals surface area (Å²) in [6, 6.07) is 0. The zero-order chi connectivity index (χ0) is 18.1. The summed E-state index contributed by atoms with van der Waals surface area (Å²) >= 11 is 0. The molecule has 0 atom stereocenters. The topological polar surface area (TPSA) is 87.3 Å². The van der Waals surface area contributed by atoms with E-state index < -0.39 is 29.5 Å². The van der Waals surface area contributed by atoms with Gasteiger partial charge >= 0.3 is 12.3 Å². The zero-order valence-corrected chi connectivity index (χ0v) is 13.6. The molecular weight excluding hydrogens is 329 g/mol. The first-order valence-corrected chi connectivity index (χ1v) is 7.35. The van der Waals surface area contributed by atoms with Gasteiger partial charge in [0, 0.05) is 30.8 Å². The molecule has 0 spiro atoms. The maximum atomic E-state index is 12.9. The number of nitrogens with one attached hydrogen (secondary N) is 2. The van der Waals surface area contributed by atoms with E-state index in [9.17, 15) is 22.8 Å². The van der Waals surface area contributed by atoms with E-state index in [-0.39, 0.29) is 31.6 Å². The van der Waals surface area contributed by atoms with Crippen molar-refractivity contribution in [2.45, 2.75) is 45.5 Å². The molecule has 1 aliphatic heterocycles. The number of H-pyrrole nitrogens is 1. The number of halogens is 3. The van der Waals surface area contributed by atoms with Crippen LogP contribution in [0.3, 0.4) is 0 Å². The van der Waals surface area contributed by atoms with Gasteiger partial charge in [-0.15, -0.1) is 0 Å². The molecule has 24 heavy (non-hydrogen) atoms. The van der Waals surface area contributed by atoms with Gasteiger partial charge in [0.25, 0.3) is 0 Å². The molecule has 0 radical (unpaired) electrons. The Labute approximate surface area is 136 Å². The van der Waals surface area contributed by atoms with Crippen LogP contribution in [0.15, 0.2) is 0 Å². The van der Waals surface area contributed by atoms with Gasteiger partial charge in [0.15, 0.2) is 5.69 Å². The minimum atomic E-state index is -4.58. The van der Waals surface area contributed by atoms with Gasteiger partial charge in [-0.3, -0.25) is 9.89 Å². The van der Waals surface area contributed by atoms with Crippen LogP contribution >= 0.6 is 0 Å². The number of nitrogens with zero attached hydrogens (tertiary/aromatic N) is 2. The average Bonchev–Trinajstić information content (AvgIpc) is 2.85. The largest absolute Gasteiger partial charge is 0.444 e. The molecular formula is C14H19F3N4O3. The van der Waals surface area contributed by atoms with E-state index in [0.29, 0.717) is 5.69 Å². The molecule has 2 N–H and O–H groups in total. The van der Waals surface area contributed by atoms with Crippen molar-refractivity contribution in [3.05, 3.63) is 17.0 Å². The van der Waals surface area contributed by atoms with Crippen molar-refractivity contribution >= 4 is 12.0 Å². The maximum absolute atomic E-state index is 12.9. The molecule has 0 bridgehead atoms. The lowest BCUT2D eigenvalue weighted by molar-refractivity contribution is -0.143. The number of hydrogen-bond donors (Lipinski definition) is 2. The minimum Gasteiger partial charge on any atom is -0.444 e. The van der Waals surface area contributed by atoms with Crippen LogP contribution in [-0.2, 0) is 28.7 Å². The number of aromatic nitrogens is 2. The molecule has 1 aliphatic rings. The predicted octanol–water partition coefficient (Wildman–Crippen LogP) is 1.84. The number of rotatable bonds is 2. The highest BCUT2D eigenvalue weighted by atomic mass is 19.4. The van der Waals surface area contributed by atoms with Crippen molar-refractivity contribution in [2.75, 3.05) is 13.1 Å². The normalized spacial score (nSPS) is 15.0. The fourth-order valence-electron chi connectivity index (χ4n) is 2.32. The molecule has 0 aromatic carbocycles. The quantitative estimate of drug-likeness (QED) is 0.854. The Kier molecular flexibility index (Phi) is 4.77. The van der Waals surface area contributed by atoms with Crippen LogP contribution in [0.2, 0.25) is 0 Å². The summed E-state index contributed by atoms with van der Waals surface area (Å²) in [5.41, 5.74) is -1.35. The standard InChI is InChI=1S/C14H19F3N4O3/c1-13(2,3)24-12(23)18-6-10(22)21-5-4-9-8(7-21)11(20-19-9)14(15,16)17/h4-7H2,1-3H3,(H,18,23)(H,19,20). The number of alkyl halides is 3. The third-order valence-electron chi connectivity index (χ3n) is 3.34. The molecule has 2 rings (SSSR count). The lowest BCUT2D eigenvalue weighted by Crippen LogP contribution is -2.44. The summed E-state index contributed by atoms with van der Waals surface area (Å²) in [5, 5.41) is 7.97. The first-order valence-electron chi connectivity index (χ1n) is 7.35. The summed E-state index contributed by atoms with van der Waals surface area (Å²) < 4.78 is 43.7. The minimum absolute atomic E-state index is 0.0284. The van der Waals surface area contributed by atoms with Gasteiger partial charge in [-0.2, -0.15) is 18.3 Å². The molecule has 0 saturated heterocycles. The van der Waals surface area contributed by atoms with Gasteiger partial charge in [-0.1, -0.05) is 0 Å². The fourth-order valence-corrected chi connectivity index (χ4v) is 2.32. The Hall–Kier alpha value is -2.26. The van der Waals surface area contributed by atoms with Crippen molar-refractivity contribution in [1.29, 1.82) is 0 Å². The van der Waals surface area contributed by atoms with Gasteiger partial charge in [-0.05, 0) is 20.8 Å². The summed E-state index contributed by atoms with van der Waals surface area (Å²) in [5.74, 6) is -0.485. The summed E-state index contributed by atoms with van der Waals surface area (Å²) in [7, 11) is 0. The smallest absolute Gasteiger partial charge is 0.435 e. The summed E-state index contributed by atoms with van der Waals surface area (Å²) in [4.78, 5) is 24.9. The van der Waals surface area contributed by atoms with Crippen LogP contribution in [-0.4, -0.2) is 45.8 Å². The molecule has 2 heterocycles. The van der Waals surface area contributed by atoms with Gasteiger partial charge < -0.3 is 15.0 Å². The van der Waals surface area contributed by atoms with Gasteiger partial charge in [0.05, 0.1) is 0 Å². The number of ether oxygens (including phenoxy) is 1. The van der Waals surface area contributed by atoms with Crippen LogP contribution in [0.1, 0.15) is 37.7 Å². The Morgan fingerprint density at radius 2 is 2.00 bits per heavy atom. The number of fused-ring (bicyclic) bond motifs is 1. The van der Waals surface area contributed by atoms with Gasteiger partial charge in [-0.25, -0.2) is 4.79 Å². The van der Waals surface area contributed by atoms with E-state index in [1.165, 1.54) is 4.90 Å². The lowest BCUT2D eigenvalue weighted by atomic mass is 10.1. The number of hydrogen-bond acceptors (Lipinski definition) is 4. The number of aromatic amines is 1. The Morgan fingerprint density at radius 1 is 1.33 bits per heavy atom. The Morgan fingerprint density at radius 3 is 2.58 bits per heavy atom. The van der Waals surface area contributed by atoms with E-state index in [0.717, 1.165) is 0 Å². The van der Waals surface area contributed by atoms with Crippen molar-refractivity contribution in [3.63, 3.8) is 0 Å².